The fourth-order valence-corrected chi connectivity index (χ4v) is 2.80. The average molecular weight is 283 g/mol. The van der Waals surface area contributed by atoms with Gasteiger partial charge in [0.25, 0.3) is 0 Å². The molecule has 0 aromatic heterocycles. The first kappa shape index (κ1) is 17.1. The fraction of sp³-hybridized carbons (Fsp3) is 0.867. The minimum Gasteiger partial charge on any atom is -0.345 e. The summed E-state index contributed by atoms with van der Waals surface area (Å²) in [6.45, 7) is 11.9. The summed E-state index contributed by atoms with van der Waals surface area (Å²) in [6.07, 6.45) is 0. The SMILES string of the molecule is CC(=O)C(NC(=O)CN1CC(C)N(C)C(C)C1)C(C)C. The molecule has 1 heterocycles. The summed E-state index contributed by atoms with van der Waals surface area (Å²) in [7, 11) is 2.12. The number of likely N-dealkylation sites (N-methyl/N-ethyl adjacent to an activating group) is 1. The van der Waals surface area contributed by atoms with Gasteiger partial charge >= 0.3 is 0 Å². The zero-order valence-electron chi connectivity index (χ0n) is 13.6. The smallest absolute Gasteiger partial charge is 0.234 e. The molecule has 1 aliphatic rings. The maximum absolute atomic E-state index is 12.1. The predicted octanol–water partition coefficient (Wildman–Crippen LogP) is 0.741. The van der Waals surface area contributed by atoms with Gasteiger partial charge in [0.1, 0.15) is 0 Å². The van der Waals surface area contributed by atoms with Gasteiger partial charge in [0.05, 0.1) is 12.6 Å². The molecule has 1 amide bonds. The van der Waals surface area contributed by atoms with Crippen LogP contribution in [0.15, 0.2) is 0 Å². The fourth-order valence-electron chi connectivity index (χ4n) is 2.80. The highest BCUT2D eigenvalue weighted by Crippen LogP contribution is 2.13. The second-order valence-corrected chi connectivity index (χ2v) is 6.46. The third kappa shape index (κ3) is 4.56. The molecule has 1 aliphatic heterocycles. The van der Waals surface area contributed by atoms with E-state index in [2.05, 4.69) is 36.0 Å². The van der Waals surface area contributed by atoms with Gasteiger partial charge in [-0.2, -0.15) is 0 Å². The summed E-state index contributed by atoms with van der Waals surface area (Å²) in [4.78, 5) is 28.1. The Bertz CT molecular complexity index is 345. The van der Waals surface area contributed by atoms with Crippen LogP contribution in [-0.2, 0) is 9.59 Å². The van der Waals surface area contributed by atoms with Gasteiger partial charge in [0, 0.05) is 25.2 Å². The number of rotatable bonds is 5. The van der Waals surface area contributed by atoms with Crippen molar-refractivity contribution < 1.29 is 9.59 Å². The van der Waals surface area contributed by atoms with E-state index in [-0.39, 0.29) is 23.7 Å². The number of Topliss-reactive ketones (excluding diaryl/α,β-unsaturated/α-hetero) is 1. The number of hydrogen-bond acceptors (Lipinski definition) is 4. The number of nitrogens with zero attached hydrogens (tertiary/aromatic N) is 2. The Morgan fingerprint density at radius 1 is 1.20 bits per heavy atom. The van der Waals surface area contributed by atoms with Crippen molar-refractivity contribution >= 4 is 11.7 Å². The number of amides is 1. The second kappa shape index (κ2) is 7.18. The van der Waals surface area contributed by atoms with Gasteiger partial charge in [-0.05, 0) is 33.7 Å². The highest BCUT2D eigenvalue weighted by molar-refractivity contribution is 5.88. The third-order valence-electron chi connectivity index (χ3n) is 4.22. The molecule has 0 aromatic carbocycles. The molecule has 0 aliphatic carbocycles. The van der Waals surface area contributed by atoms with Crippen LogP contribution in [0, 0.1) is 5.92 Å². The van der Waals surface area contributed by atoms with Gasteiger partial charge in [-0.25, -0.2) is 0 Å². The Morgan fingerprint density at radius 3 is 2.10 bits per heavy atom. The van der Waals surface area contributed by atoms with Crippen molar-refractivity contribution in [3.63, 3.8) is 0 Å². The molecule has 5 heteroatoms. The van der Waals surface area contributed by atoms with Gasteiger partial charge < -0.3 is 5.32 Å². The molecule has 1 rings (SSSR count). The number of ketones is 1. The molecule has 5 nitrogen and oxygen atoms in total. The van der Waals surface area contributed by atoms with Crippen molar-refractivity contribution in [1.82, 2.24) is 15.1 Å². The Kier molecular flexibility index (Phi) is 6.14. The monoisotopic (exact) mass is 283 g/mol. The topological polar surface area (TPSA) is 52.7 Å². The molecule has 0 spiro atoms. The lowest BCUT2D eigenvalue weighted by Crippen LogP contribution is -2.57. The molecule has 3 atom stereocenters. The first-order chi connectivity index (χ1) is 9.22. The number of nitrogens with one attached hydrogen (secondary N) is 1. The summed E-state index contributed by atoms with van der Waals surface area (Å²) in [5.74, 6) is 0.0955. The summed E-state index contributed by atoms with van der Waals surface area (Å²) < 4.78 is 0. The van der Waals surface area contributed by atoms with Crippen LogP contribution in [-0.4, -0.2) is 66.3 Å². The van der Waals surface area contributed by atoms with Crippen molar-refractivity contribution in [3.8, 4) is 0 Å². The Hall–Kier alpha value is -0.940. The number of carbonyl (C=O) groups excluding carboxylic acids is 2. The summed E-state index contributed by atoms with van der Waals surface area (Å²) in [6, 6.07) is 0.519. The van der Waals surface area contributed by atoms with Crippen LogP contribution in [0.1, 0.15) is 34.6 Å². The van der Waals surface area contributed by atoms with Crippen molar-refractivity contribution in [3.05, 3.63) is 0 Å². The van der Waals surface area contributed by atoms with Crippen LogP contribution in [0.5, 0.6) is 0 Å². The van der Waals surface area contributed by atoms with Gasteiger partial charge in [-0.15, -0.1) is 0 Å². The molecule has 0 aromatic rings. The van der Waals surface area contributed by atoms with E-state index in [0.29, 0.717) is 18.6 Å². The zero-order valence-corrected chi connectivity index (χ0v) is 13.6. The lowest BCUT2D eigenvalue weighted by atomic mass is 10.0. The maximum Gasteiger partial charge on any atom is 0.234 e. The van der Waals surface area contributed by atoms with Crippen molar-refractivity contribution in [1.29, 1.82) is 0 Å². The molecule has 1 fully saturated rings. The van der Waals surface area contributed by atoms with E-state index >= 15 is 0 Å². The lowest BCUT2D eigenvalue weighted by Gasteiger charge is -2.42. The van der Waals surface area contributed by atoms with E-state index in [9.17, 15) is 9.59 Å². The Balaban J connectivity index is 2.52. The average Bonchev–Trinajstić information content (AvgIpc) is 2.32. The van der Waals surface area contributed by atoms with Gasteiger partial charge in [0.15, 0.2) is 5.78 Å². The molecule has 20 heavy (non-hydrogen) atoms. The zero-order chi connectivity index (χ0) is 15.4. The van der Waals surface area contributed by atoms with Crippen LogP contribution < -0.4 is 5.32 Å². The molecule has 3 unspecified atom stereocenters. The molecule has 0 saturated carbocycles. The first-order valence-corrected chi connectivity index (χ1v) is 7.46. The highest BCUT2D eigenvalue weighted by atomic mass is 16.2. The van der Waals surface area contributed by atoms with E-state index in [0.717, 1.165) is 13.1 Å². The normalized spacial score (nSPS) is 26.6. The van der Waals surface area contributed by atoms with Crippen LogP contribution >= 0.6 is 0 Å². The van der Waals surface area contributed by atoms with Gasteiger partial charge in [-0.3, -0.25) is 19.4 Å². The largest absolute Gasteiger partial charge is 0.345 e. The standard InChI is InChI=1S/C15H29N3O2/c1-10(2)15(13(5)19)16-14(20)9-18-7-11(3)17(6)12(4)8-18/h10-12,15H,7-9H2,1-6H3,(H,16,20). The van der Waals surface area contributed by atoms with E-state index in [1.807, 2.05) is 13.8 Å². The van der Waals surface area contributed by atoms with E-state index < -0.39 is 0 Å². The third-order valence-corrected chi connectivity index (χ3v) is 4.22. The summed E-state index contributed by atoms with van der Waals surface area (Å²) in [5, 5.41) is 2.86. The van der Waals surface area contributed by atoms with Crippen LogP contribution in [0.3, 0.4) is 0 Å². The summed E-state index contributed by atoms with van der Waals surface area (Å²) >= 11 is 0. The molecular formula is C15H29N3O2. The number of piperazine rings is 1. The molecule has 116 valence electrons. The highest BCUT2D eigenvalue weighted by Gasteiger charge is 2.28. The van der Waals surface area contributed by atoms with Gasteiger partial charge in [-0.1, -0.05) is 13.8 Å². The van der Waals surface area contributed by atoms with Crippen molar-refractivity contribution in [2.75, 3.05) is 26.7 Å². The quantitative estimate of drug-likeness (QED) is 0.808. The van der Waals surface area contributed by atoms with E-state index in [1.54, 1.807) is 0 Å². The van der Waals surface area contributed by atoms with Crippen LogP contribution in [0.2, 0.25) is 0 Å². The minimum atomic E-state index is -0.371. The Morgan fingerprint density at radius 2 is 1.70 bits per heavy atom. The number of hydrogen-bond donors (Lipinski definition) is 1. The summed E-state index contributed by atoms with van der Waals surface area (Å²) in [5.41, 5.74) is 0. The number of carbonyl (C=O) groups is 2. The minimum absolute atomic E-state index is 0.0217. The van der Waals surface area contributed by atoms with Gasteiger partial charge in [0.2, 0.25) is 5.91 Å². The van der Waals surface area contributed by atoms with Crippen LogP contribution in [0.4, 0.5) is 0 Å². The molecule has 1 N–H and O–H groups in total. The Labute approximate surface area is 122 Å². The first-order valence-electron chi connectivity index (χ1n) is 7.46. The lowest BCUT2D eigenvalue weighted by molar-refractivity contribution is -0.129. The van der Waals surface area contributed by atoms with E-state index in [4.69, 9.17) is 0 Å². The maximum atomic E-state index is 12.1. The molecule has 0 bridgehead atoms. The van der Waals surface area contributed by atoms with E-state index in [1.165, 1.54) is 6.92 Å². The molecule has 1 saturated heterocycles. The molecule has 0 radical (unpaired) electrons. The predicted molar refractivity (Wildman–Crippen MR) is 80.6 cm³/mol. The van der Waals surface area contributed by atoms with Crippen molar-refractivity contribution in [2.24, 2.45) is 5.92 Å². The van der Waals surface area contributed by atoms with Crippen molar-refractivity contribution in [2.45, 2.75) is 52.7 Å². The second-order valence-electron chi connectivity index (χ2n) is 6.46. The van der Waals surface area contributed by atoms with Crippen LogP contribution in [0.25, 0.3) is 0 Å². The molecular weight excluding hydrogens is 254 g/mol.